The molecule has 0 aromatic heterocycles. The number of aryl methyl sites for hydroxylation is 1. The number of hydrogen-bond donors (Lipinski definition) is 1. The molecule has 16 heavy (non-hydrogen) atoms. The maximum absolute atomic E-state index is 11.5. The van der Waals surface area contributed by atoms with Crippen molar-refractivity contribution in [1.29, 1.82) is 0 Å². The summed E-state index contributed by atoms with van der Waals surface area (Å²) in [7, 11) is 1.43. The normalized spacial score (nSPS) is 14.4. The predicted octanol–water partition coefficient (Wildman–Crippen LogP) is 1.68. The predicted molar refractivity (Wildman–Crippen MR) is 62.6 cm³/mol. The van der Waals surface area contributed by atoms with E-state index in [0.717, 1.165) is 25.9 Å². The van der Waals surface area contributed by atoms with Gasteiger partial charge in [-0.2, -0.15) is 0 Å². The monoisotopic (exact) mass is 219 g/mol. The number of carbonyl (C=O) groups is 1. The minimum absolute atomic E-state index is 0.240. The molecule has 0 radical (unpaired) electrons. The first-order valence-electron chi connectivity index (χ1n) is 5.70. The van der Waals surface area contributed by atoms with E-state index in [0.29, 0.717) is 5.56 Å². The fraction of sp³-hybridized carbons (Fsp3) is 0.462. The summed E-state index contributed by atoms with van der Waals surface area (Å²) in [6, 6.07) is 3.93. The zero-order valence-electron chi connectivity index (χ0n) is 9.80. The molecule has 0 saturated carbocycles. The first-order valence-corrected chi connectivity index (χ1v) is 5.70. The summed E-state index contributed by atoms with van der Waals surface area (Å²) in [6.07, 6.45) is 1.95. The van der Waals surface area contributed by atoms with Gasteiger partial charge in [0.05, 0.1) is 12.7 Å². The average Bonchev–Trinajstić information content (AvgIpc) is 2.36. The second kappa shape index (κ2) is 4.66. The summed E-state index contributed by atoms with van der Waals surface area (Å²) in [5.41, 5.74) is 4.59. The van der Waals surface area contributed by atoms with Gasteiger partial charge in [-0.3, -0.25) is 0 Å². The van der Waals surface area contributed by atoms with Crippen LogP contribution in [0.3, 0.4) is 0 Å². The fourth-order valence-corrected chi connectivity index (χ4v) is 2.24. The summed E-state index contributed by atoms with van der Waals surface area (Å²) in [6.45, 7) is 4.02. The Morgan fingerprint density at radius 1 is 1.50 bits per heavy atom. The number of ether oxygens (including phenoxy) is 1. The fourth-order valence-electron chi connectivity index (χ4n) is 2.24. The highest BCUT2D eigenvalue weighted by Crippen LogP contribution is 2.22. The number of nitrogens with one attached hydrogen (secondary N) is 1. The first kappa shape index (κ1) is 11.1. The van der Waals surface area contributed by atoms with Gasteiger partial charge in [-0.25, -0.2) is 4.79 Å². The van der Waals surface area contributed by atoms with Crippen molar-refractivity contribution in [2.45, 2.75) is 26.3 Å². The molecule has 0 spiro atoms. The van der Waals surface area contributed by atoms with Crippen molar-refractivity contribution in [3.05, 3.63) is 34.4 Å². The number of benzene rings is 1. The lowest BCUT2D eigenvalue weighted by atomic mass is 9.92. The van der Waals surface area contributed by atoms with Crippen molar-refractivity contribution in [3.8, 4) is 0 Å². The molecule has 0 saturated heterocycles. The second-order valence-corrected chi connectivity index (χ2v) is 4.04. The van der Waals surface area contributed by atoms with Crippen LogP contribution in [0.15, 0.2) is 12.1 Å². The highest BCUT2D eigenvalue weighted by atomic mass is 16.5. The second-order valence-electron chi connectivity index (χ2n) is 4.04. The molecule has 1 aliphatic heterocycles. The molecule has 3 heteroatoms. The van der Waals surface area contributed by atoms with Crippen molar-refractivity contribution in [3.63, 3.8) is 0 Å². The molecule has 1 aliphatic rings. The van der Waals surface area contributed by atoms with E-state index in [9.17, 15) is 4.79 Å². The van der Waals surface area contributed by atoms with Gasteiger partial charge in [-0.1, -0.05) is 6.92 Å². The van der Waals surface area contributed by atoms with Crippen molar-refractivity contribution in [1.82, 2.24) is 5.32 Å². The van der Waals surface area contributed by atoms with Gasteiger partial charge in [0.1, 0.15) is 0 Å². The SMILES string of the molecule is CCc1cc(C(=O)OC)cc2c1CNCC2. The van der Waals surface area contributed by atoms with Crippen LogP contribution >= 0.6 is 0 Å². The van der Waals surface area contributed by atoms with Crippen molar-refractivity contribution in [2.75, 3.05) is 13.7 Å². The largest absolute Gasteiger partial charge is 0.465 e. The van der Waals surface area contributed by atoms with E-state index >= 15 is 0 Å². The van der Waals surface area contributed by atoms with Crippen LogP contribution in [0, 0.1) is 0 Å². The molecular weight excluding hydrogens is 202 g/mol. The van der Waals surface area contributed by atoms with Gasteiger partial charge < -0.3 is 10.1 Å². The van der Waals surface area contributed by atoms with Gasteiger partial charge in [-0.15, -0.1) is 0 Å². The van der Waals surface area contributed by atoms with Crippen LogP contribution < -0.4 is 5.32 Å². The summed E-state index contributed by atoms with van der Waals surface area (Å²) >= 11 is 0. The summed E-state index contributed by atoms with van der Waals surface area (Å²) in [4.78, 5) is 11.5. The van der Waals surface area contributed by atoms with E-state index in [1.165, 1.54) is 23.8 Å². The van der Waals surface area contributed by atoms with Gasteiger partial charge in [-0.05, 0) is 48.2 Å². The van der Waals surface area contributed by atoms with E-state index in [1.807, 2.05) is 12.1 Å². The van der Waals surface area contributed by atoms with Gasteiger partial charge in [0.2, 0.25) is 0 Å². The first-order chi connectivity index (χ1) is 7.76. The third kappa shape index (κ3) is 1.95. The third-order valence-corrected chi connectivity index (χ3v) is 3.11. The van der Waals surface area contributed by atoms with Crippen LogP contribution in [0.4, 0.5) is 0 Å². The molecule has 1 N–H and O–H groups in total. The smallest absolute Gasteiger partial charge is 0.337 e. The average molecular weight is 219 g/mol. The van der Waals surface area contributed by atoms with Crippen molar-refractivity contribution >= 4 is 5.97 Å². The zero-order chi connectivity index (χ0) is 11.5. The Balaban J connectivity index is 2.47. The maximum atomic E-state index is 11.5. The Morgan fingerprint density at radius 2 is 2.31 bits per heavy atom. The Morgan fingerprint density at radius 3 is 3.00 bits per heavy atom. The van der Waals surface area contributed by atoms with Gasteiger partial charge in [0.15, 0.2) is 0 Å². The Kier molecular flexibility index (Phi) is 3.25. The molecule has 0 aliphatic carbocycles. The molecule has 1 aromatic carbocycles. The van der Waals surface area contributed by atoms with Gasteiger partial charge in [0, 0.05) is 6.54 Å². The quantitative estimate of drug-likeness (QED) is 0.769. The standard InChI is InChI=1S/C13H17NO2/c1-3-9-6-11(13(15)16-2)7-10-4-5-14-8-12(9)10/h6-7,14H,3-5,8H2,1-2H3. The number of hydrogen-bond acceptors (Lipinski definition) is 3. The van der Waals surface area contributed by atoms with E-state index in [4.69, 9.17) is 4.74 Å². The topological polar surface area (TPSA) is 38.3 Å². The molecule has 86 valence electrons. The van der Waals surface area contributed by atoms with Crippen LogP contribution in [0.2, 0.25) is 0 Å². The lowest BCUT2D eigenvalue weighted by Gasteiger charge is -2.21. The molecule has 1 aromatic rings. The number of rotatable bonds is 2. The molecule has 0 atom stereocenters. The minimum Gasteiger partial charge on any atom is -0.465 e. The molecule has 3 nitrogen and oxygen atoms in total. The molecular formula is C13H17NO2. The Bertz CT molecular complexity index is 395. The summed E-state index contributed by atoms with van der Waals surface area (Å²) < 4.78 is 4.77. The third-order valence-electron chi connectivity index (χ3n) is 3.11. The van der Waals surface area contributed by atoms with Crippen LogP contribution in [-0.4, -0.2) is 19.6 Å². The summed E-state index contributed by atoms with van der Waals surface area (Å²) in [5.74, 6) is -0.240. The molecule has 0 unspecified atom stereocenters. The van der Waals surface area contributed by atoms with Gasteiger partial charge in [0.25, 0.3) is 0 Å². The van der Waals surface area contributed by atoms with E-state index < -0.39 is 0 Å². The highest BCUT2D eigenvalue weighted by Gasteiger charge is 2.16. The Hall–Kier alpha value is -1.35. The van der Waals surface area contributed by atoms with Crippen molar-refractivity contribution in [2.24, 2.45) is 0 Å². The number of carbonyl (C=O) groups excluding carboxylic acids is 1. The lowest BCUT2D eigenvalue weighted by Crippen LogP contribution is -2.25. The zero-order valence-corrected chi connectivity index (χ0v) is 9.80. The molecule has 0 bridgehead atoms. The van der Waals surface area contributed by atoms with Crippen LogP contribution in [0.5, 0.6) is 0 Å². The van der Waals surface area contributed by atoms with Gasteiger partial charge >= 0.3 is 5.97 Å². The summed E-state index contributed by atoms with van der Waals surface area (Å²) in [5, 5.41) is 3.36. The number of esters is 1. The minimum atomic E-state index is -0.240. The van der Waals surface area contributed by atoms with Crippen LogP contribution in [-0.2, 0) is 24.1 Å². The highest BCUT2D eigenvalue weighted by molar-refractivity contribution is 5.90. The van der Waals surface area contributed by atoms with E-state index in [1.54, 1.807) is 0 Å². The molecule has 0 amide bonds. The molecule has 2 rings (SSSR count). The van der Waals surface area contributed by atoms with Crippen LogP contribution in [0.1, 0.15) is 34.0 Å². The molecule has 1 heterocycles. The lowest BCUT2D eigenvalue weighted by molar-refractivity contribution is 0.0600. The number of fused-ring (bicyclic) bond motifs is 1. The maximum Gasteiger partial charge on any atom is 0.337 e. The van der Waals surface area contributed by atoms with Crippen LogP contribution in [0.25, 0.3) is 0 Å². The Labute approximate surface area is 95.8 Å². The van der Waals surface area contributed by atoms with E-state index in [-0.39, 0.29) is 5.97 Å². The molecule has 0 fully saturated rings. The number of methoxy groups -OCH3 is 1. The van der Waals surface area contributed by atoms with E-state index in [2.05, 4.69) is 12.2 Å². The van der Waals surface area contributed by atoms with Crippen molar-refractivity contribution < 1.29 is 9.53 Å².